The summed E-state index contributed by atoms with van der Waals surface area (Å²) in [4.78, 5) is 15.5. The monoisotopic (exact) mass is 379 g/mol. The van der Waals surface area contributed by atoms with E-state index in [4.69, 9.17) is 0 Å². The number of benzene rings is 2. The number of hydrogen-bond donors (Lipinski definition) is 3. The maximum Gasteiger partial charge on any atom is 0.278 e. The summed E-state index contributed by atoms with van der Waals surface area (Å²) in [5, 5.41) is 3.11. The van der Waals surface area contributed by atoms with Crippen LogP contribution in [-0.2, 0) is 11.2 Å². The van der Waals surface area contributed by atoms with Gasteiger partial charge in [-0.3, -0.25) is 4.79 Å². The van der Waals surface area contributed by atoms with Gasteiger partial charge in [-0.05, 0) is 30.5 Å². The Morgan fingerprint density at radius 3 is 2.32 bits per heavy atom. The first kappa shape index (κ1) is 20.3. The molecule has 3 rings (SSSR count). The molecule has 0 aliphatic carbocycles. The number of quaternary nitrogens is 2. The molecule has 0 radical (unpaired) electrons. The lowest BCUT2D eigenvalue weighted by atomic mass is 10.1. The maximum absolute atomic E-state index is 12.5. The van der Waals surface area contributed by atoms with E-state index in [0.29, 0.717) is 6.54 Å². The van der Waals surface area contributed by atoms with Crippen LogP contribution in [0.15, 0.2) is 66.7 Å². The SMILES string of the molecule is C[C@@H](C(=O)NCCc1ccccc1)[NH+]1CC[NH+](C/C=C/c2ccccc2)CC1. The molecule has 0 aromatic heterocycles. The lowest BCUT2D eigenvalue weighted by molar-refractivity contribution is -1.02. The van der Waals surface area contributed by atoms with E-state index in [0.717, 1.165) is 39.1 Å². The summed E-state index contributed by atoms with van der Waals surface area (Å²) in [5.74, 6) is 0.179. The van der Waals surface area contributed by atoms with Crippen molar-refractivity contribution in [3.05, 3.63) is 77.9 Å². The van der Waals surface area contributed by atoms with E-state index in [1.54, 1.807) is 4.90 Å². The average Bonchev–Trinajstić information content (AvgIpc) is 2.75. The van der Waals surface area contributed by atoms with Crippen molar-refractivity contribution in [1.82, 2.24) is 5.32 Å². The lowest BCUT2D eigenvalue weighted by Crippen LogP contribution is -3.30. The molecule has 28 heavy (non-hydrogen) atoms. The van der Waals surface area contributed by atoms with Gasteiger partial charge in [-0.1, -0.05) is 66.7 Å². The number of amides is 1. The fourth-order valence-electron chi connectivity index (χ4n) is 3.80. The Morgan fingerprint density at radius 1 is 1.00 bits per heavy atom. The zero-order valence-corrected chi connectivity index (χ0v) is 16.9. The molecule has 0 spiro atoms. The Morgan fingerprint density at radius 2 is 1.64 bits per heavy atom. The lowest BCUT2D eigenvalue weighted by Gasteiger charge is -2.32. The summed E-state index contributed by atoms with van der Waals surface area (Å²) in [5.41, 5.74) is 2.52. The Kier molecular flexibility index (Phi) is 7.82. The third-order valence-corrected chi connectivity index (χ3v) is 5.68. The molecule has 1 amide bonds. The van der Waals surface area contributed by atoms with Gasteiger partial charge in [-0.2, -0.15) is 0 Å². The molecule has 148 valence electrons. The molecule has 1 aliphatic heterocycles. The molecule has 2 aromatic carbocycles. The van der Waals surface area contributed by atoms with Gasteiger partial charge in [0.15, 0.2) is 6.04 Å². The van der Waals surface area contributed by atoms with Crippen LogP contribution in [0.4, 0.5) is 0 Å². The first-order valence-electron chi connectivity index (χ1n) is 10.4. The molecule has 4 heteroatoms. The summed E-state index contributed by atoms with van der Waals surface area (Å²) in [7, 11) is 0. The molecule has 1 atom stereocenters. The minimum Gasteiger partial charge on any atom is -0.351 e. The van der Waals surface area contributed by atoms with Gasteiger partial charge in [0, 0.05) is 6.54 Å². The van der Waals surface area contributed by atoms with Gasteiger partial charge in [0.2, 0.25) is 0 Å². The molecule has 1 fully saturated rings. The smallest absolute Gasteiger partial charge is 0.278 e. The van der Waals surface area contributed by atoms with Crippen LogP contribution >= 0.6 is 0 Å². The molecule has 0 saturated carbocycles. The van der Waals surface area contributed by atoms with E-state index in [1.165, 1.54) is 16.0 Å². The van der Waals surface area contributed by atoms with E-state index in [2.05, 4.69) is 60.8 Å². The van der Waals surface area contributed by atoms with Crippen LogP contribution in [0.2, 0.25) is 0 Å². The van der Waals surface area contributed by atoms with Crippen molar-refractivity contribution in [1.29, 1.82) is 0 Å². The molecular weight excluding hydrogens is 346 g/mol. The Hall–Kier alpha value is -2.43. The first-order valence-corrected chi connectivity index (χ1v) is 10.4. The largest absolute Gasteiger partial charge is 0.351 e. The summed E-state index contributed by atoms with van der Waals surface area (Å²) in [6.07, 6.45) is 5.37. The molecule has 3 N–H and O–H groups in total. The van der Waals surface area contributed by atoms with Gasteiger partial charge in [0.05, 0.1) is 6.54 Å². The molecule has 1 saturated heterocycles. The topological polar surface area (TPSA) is 38.0 Å². The normalized spacial score (nSPS) is 20.8. The zero-order valence-electron chi connectivity index (χ0n) is 16.9. The molecule has 0 unspecified atom stereocenters. The Balaban J connectivity index is 1.35. The van der Waals surface area contributed by atoms with Crippen LogP contribution in [0.1, 0.15) is 18.1 Å². The highest BCUT2D eigenvalue weighted by Crippen LogP contribution is 2.00. The van der Waals surface area contributed by atoms with Crippen LogP contribution in [0.5, 0.6) is 0 Å². The van der Waals surface area contributed by atoms with Gasteiger partial charge in [0.1, 0.15) is 26.2 Å². The predicted molar refractivity (Wildman–Crippen MR) is 114 cm³/mol. The van der Waals surface area contributed by atoms with Crippen molar-refractivity contribution in [3.8, 4) is 0 Å². The third kappa shape index (κ3) is 6.32. The van der Waals surface area contributed by atoms with Crippen LogP contribution in [0.25, 0.3) is 6.08 Å². The number of carbonyl (C=O) groups is 1. The van der Waals surface area contributed by atoms with Crippen LogP contribution in [0.3, 0.4) is 0 Å². The highest BCUT2D eigenvalue weighted by Gasteiger charge is 2.30. The Labute approximate surface area is 168 Å². The second kappa shape index (κ2) is 10.8. The molecular formula is C24H33N3O+2. The number of carbonyl (C=O) groups excluding carboxylic acids is 1. The third-order valence-electron chi connectivity index (χ3n) is 5.68. The minimum absolute atomic E-state index is 0.0252. The summed E-state index contributed by atoms with van der Waals surface area (Å²) >= 11 is 0. The molecule has 4 nitrogen and oxygen atoms in total. The molecule has 0 bridgehead atoms. The highest BCUT2D eigenvalue weighted by atomic mass is 16.2. The number of nitrogens with one attached hydrogen (secondary N) is 3. The van der Waals surface area contributed by atoms with Crippen molar-refractivity contribution in [2.45, 2.75) is 19.4 Å². The van der Waals surface area contributed by atoms with Gasteiger partial charge in [0.25, 0.3) is 5.91 Å². The fraction of sp³-hybridized carbons (Fsp3) is 0.375. The van der Waals surface area contributed by atoms with E-state index in [9.17, 15) is 4.79 Å². The van der Waals surface area contributed by atoms with E-state index >= 15 is 0 Å². The van der Waals surface area contributed by atoms with Gasteiger partial charge in [-0.15, -0.1) is 0 Å². The van der Waals surface area contributed by atoms with Crippen molar-refractivity contribution < 1.29 is 14.6 Å². The standard InChI is InChI=1S/C24H31N3O/c1-21(24(28)25-15-14-23-11-6-3-7-12-23)27-19-17-26(18-20-27)16-8-13-22-9-4-2-5-10-22/h2-13,21H,14-20H2,1H3,(H,25,28)/p+2/b13-8+/t21-/m0/s1. The molecule has 1 heterocycles. The van der Waals surface area contributed by atoms with E-state index in [-0.39, 0.29) is 11.9 Å². The van der Waals surface area contributed by atoms with E-state index < -0.39 is 0 Å². The van der Waals surface area contributed by atoms with Crippen molar-refractivity contribution in [3.63, 3.8) is 0 Å². The fourth-order valence-corrected chi connectivity index (χ4v) is 3.80. The quantitative estimate of drug-likeness (QED) is 0.604. The molecule has 2 aromatic rings. The van der Waals surface area contributed by atoms with Gasteiger partial charge >= 0.3 is 0 Å². The highest BCUT2D eigenvalue weighted by molar-refractivity contribution is 5.79. The maximum atomic E-state index is 12.5. The van der Waals surface area contributed by atoms with Crippen LogP contribution < -0.4 is 15.1 Å². The summed E-state index contributed by atoms with van der Waals surface area (Å²) in [6.45, 7) is 8.19. The van der Waals surface area contributed by atoms with Crippen molar-refractivity contribution in [2.24, 2.45) is 0 Å². The van der Waals surface area contributed by atoms with Crippen LogP contribution in [-0.4, -0.2) is 51.2 Å². The second-order valence-corrected chi connectivity index (χ2v) is 7.67. The summed E-state index contributed by atoms with van der Waals surface area (Å²) < 4.78 is 0. The second-order valence-electron chi connectivity index (χ2n) is 7.67. The number of hydrogen-bond acceptors (Lipinski definition) is 1. The Bertz CT molecular complexity index is 737. The van der Waals surface area contributed by atoms with E-state index in [1.807, 2.05) is 24.3 Å². The van der Waals surface area contributed by atoms with Gasteiger partial charge < -0.3 is 15.1 Å². The predicted octanol–water partition coefficient (Wildman–Crippen LogP) is 0.231. The summed E-state index contributed by atoms with van der Waals surface area (Å²) in [6, 6.07) is 20.8. The van der Waals surface area contributed by atoms with Crippen molar-refractivity contribution in [2.75, 3.05) is 39.3 Å². The number of piperazine rings is 1. The van der Waals surface area contributed by atoms with Gasteiger partial charge in [-0.25, -0.2) is 0 Å². The van der Waals surface area contributed by atoms with Crippen molar-refractivity contribution >= 4 is 12.0 Å². The minimum atomic E-state index is 0.0252. The number of rotatable bonds is 8. The zero-order chi connectivity index (χ0) is 19.6. The average molecular weight is 380 g/mol. The van der Waals surface area contributed by atoms with Crippen LogP contribution in [0, 0.1) is 0 Å². The first-order chi connectivity index (χ1) is 13.7. The molecule has 1 aliphatic rings.